The summed E-state index contributed by atoms with van der Waals surface area (Å²) in [6.45, 7) is 11.1. The Hall–Kier alpha value is -0.300. The molecule has 14 heavy (non-hydrogen) atoms. The second kappa shape index (κ2) is 4.06. The Morgan fingerprint density at radius 3 is 2.00 bits per heavy atom. The van der Waals surface area contributed by atoms with Gasteiger partial charge in [0.1, 0.15) is 0 Å². The van der Waals surface area contributed by atoms with Crippen LogP contribution in [0.15, 0.2) is 12.1 Å². The lowest BCUT2D eigenvalue weighted by Gasteiger charge is -2.25. The molecule has 1 heteroatoms. The van der Waals surface area contributed by atoms with E-state index in [-0.39, 0.29) is 5.41 Å². The highest BCUT2D eigenvalue weighted by atomic mass is 79.9. The van der Waals surface area contributed by atoms with Crippen molar-refractivity contribution in [3.63, 3.8) is 0 Å². The van der Waals surface area contributed by atoms with Crippen LogP contribution in [-0.2, 0) is 5.41 Å². The summed E-state index contributed by atoms with van der Waals surface area (Å²) >= 11 is 3.58. The quantitative estimate of drug-likeness (QED) is 0.692. The maximum atomic E-state index is 3.58. The van der Waals surface area contributed by atoms with E-state index in [1.54, 1.807) is 0 Å². The lowest BCUT2D eigenvalue weighted by Crippen LogP contribution is -2.20. The predicted octanol–water partition coefficient (Wildman–Crippen LogP) is 4.28. The van der Waals surface area contributed by atoms with Crippen LogP contribution < -0.4 is 0 Å². The minimum absolute atomic E-state index is 0.225. The van der Waals surface area contributed by atoms with Gasteiger partial charge in [-0.15, -0.1) is 0 Å². The van der Waals surface area contributed by atoms with Crippen molar-refractivity contribution in [1.82, 2.24) is 0 Å². The number of aryl methyl sites for hydroxylation is 3. The van der Waals surface area contributed by atoms with Crippen molar-refractivity contribution in [2.75, 3.05) is 5.33 Å². The standard InChI is InChI=1S/C13H19Br/c1-9-6-11(3)12(7-10(9)2)13(4,5)8-14/h6-7H,8H2,1-5H3. The first kappa shape index (κ1) is 11.8. The van der Waals surface area contributed by atoms with Crippen LogP contribution in [0.1, 0.15) is 36.1 Å². The molecule has 0 unspecified atom stereocenters. The Kier molecular flexibility index (Phi) is 3.41. The van der Waals surface area contributed by atoms with E-state index >= 15 is 0 Å². The molecule has 0 spiro atoms. The van der Waals surface area contributed by atoms with Gasteiger partial charge >= 0.3 is 0 Å². The highest BCUT2D eigenvalue weighted by Crippen LogP contribution is 2.29. The number of hydrogen-bond donors (Lipinski definition) is 0. The van der Waals surface area contributed by atoms with E-state index in [2.05, 4.69) is 62.7 Å². The van der Waals surface area contributed by atoms with E-state index < -0.39 is 0 Å². The van der Waals surface area contributed by atoms with Gasteiger partial charge in [0.2, 0.25) is 0 Å². The van der Waals surface area contributed by atoms with Crippen molar-refractivity contribution in [2.24, 2.45) is 0 Å². The fourth-order valence-corrected chi connectivity index (χ4v) is 2.06. The number of hydrogen-bond acceptors (Lipinski definition) is 0. The Labute approximate surface area is 95.9 Å². The molecule has 0 amide bonds. The molecule has 1 rings (SSSR count). The Bertz CT molecular complexity index is 337. The molecule has 0 radical (unpaired) electrons. The van der Waals surface area contributed by atoms with E-state index in [0.717, 1.165) is 5.33 Å². The molecule has 0 bridgehead atoms. The summed E-state index contributed by atoms with van der Waals surface area (Å²) in [5, 5.41) is 1.00. The number of halogens is 1. The maximum Gasteiger partial charge on any atom is 0.0123 e. The molecule has 0 saturated carbocycles. The second-order valence-electron chi connectivity index (χ2n) is 4.77. The van der Waals surface area contributed by atoms with Gasteiger partial charge in [0.05, 0.1) is 0 Å². The van der Waals surface area contributed by atoms with Gasteiger partial charge in [-0.05, 0) is 48.4 Å². The topological polar surface area (TPSA) is 0 Å². The first-order chi connectivity index (χ1) is 6.38. The highest BCUT2D eigenvalue weighted by Gasteiger charge is 2.21. The summed E-state index contributed by atoms with van der Waals surface area (Å²) in [7, 11) is 0. The second-order valence-corrected chi connectivity index (χ2v) is 5.33. The minimum atomic E-state index is 0.225. The molecule has 0 aromatic heterocycles. The highest BCUT2D eigenvalue weighted by molar-refractivity contribution is 9.09. The summed E-state index contributed by atoms with van der Waals surface area (Å²) in [6, 6.07) is 4.61. The number of rotatable bonds is 2. The van der Waals surface area contributed by atoms with Gasteiger partial charge in [0.15, 0.2) is 0 Å². The van der Waals surface area contributed by atoms with E-state index in [9.17, 15) is 0 Å². The Morgan fingerprint density at radius 1 is 1.00 bits per heavy atom. The first-order valence-electron chi connectivity index (χ1n) is 5.03. The van der Waals surface area contributed by atoms with Crippen LogP contribution in [0.3, 0.4) is 0 Å². The average molecular weight is 255 g/mol. The molecular formula is C13H19Br. The smallest absolute Gasteiger partial charge is 0.0123 e. The summed E-state index contributed by atoms with van der Waals surface area (Å²) in [5.41, 5.74) is 5.86. The first-order valence-corrected chi connectivity index (χ1v) is 6.15. The molecule has 0 nitrogen and oxygen atoms in total. The van der Waals surface area contributed by atoms with Crippen LogP contribution in [0.2, 0.25) is 0 Å². The maximum absolute atomic E-state index is 3.58. The molecule has 0 saturated heterocycles. The summed E-state index contributed by atoms with van der Waals surface area (Å²) in [6.07, 6.45) is 0. The third-order valence-corrected chi connectivity index (χ3v) is 4.31. The minimum Gasteiger partial charge on any atom is -0.0919 e. The average Bonchev–Trinajstić information content (AvgIpc) is 2.11. The molecule has 0 fully saturated rings. The molecule has 1 aromatic carbocycles. The lowest BCUT2D eigenvalue weighted by molar-refractivity contribution is 0.601. The van der Waals surface area contributed by atoms with Crippen molar-refractivity contribution in [3.05, 3.63) is 34.4 Å². The number of alkyl halides is 1. The van der Waals surface area contributed by atoms with Crippen LogP contribution in [0.5, 0.6) is 0 Å². The monoisotopic (exact) mass is 254 g/mol. The molecule has 0 heterocycles. The van der Waals surface area contributed by atoms with Crippen molar-refractivity contribution in [1.29, 1.82) is 0 Å². The Balaban J connectivity index is 3.29. The van der Waals surface area contributed by atoms with Crippen molar-refractivity contribution >= 4 is 15.9 Å². The van der Waals surface area contributed by atoms with Crippen LogP contribution in [0, 0.1) is 20.8 Å². The van der Waals surface area contributed by atoms with E-state index in [4.69, 9.17) is 0 Å². The summed E-state index contributed by atoms with van der Waals surface area (Å²) < 4.78 is 0. The van der Waals surface area contributed by atoms with Crippen LogP contribution in [0.4, 0.5) is 0 Å². The van der Waals surface area contributed by atoms with Crippen LogP contribution in [0.25, 0.3) is 0 Å². The molecule has 0 aliphatic heterocycles. The van der Waals surface area contributed by atoms with Gasteiger partial charge in [-0.2, -0.15) is 0 Å². The molecule has 0 N–H and O–H groups in total. The predicted molar refractivity (Wildman–Crippen MR) is 67.5 cm³/mol. The molecule has 78 valence electrons. The molecule has 0 atom stereocenters. The fourth-order valence-electron chi connectivity index (χ4n) is 1.76. The van der Waals surface area contributed by atoms with Crippen molar-refractivity contribution in [3.8, 4) is 0 Å². The van der Waals surface area contributed by atoms with E-state index in [1.165, 1.54) is 22.3 Å². The third-order valence-electron chi connectivity index (χ3n) is 2.90. The van der Waals surface area contributed by atoms with Gasteiger partial charge in [0.25, 0.3) is 0 Å². The largest absolute Gasteiger partial charge is 0.0919 e. The van der Waals surface area contributed by atoms with Crippen molar-refractivity contribution in [2.45, 2.75) is 40.0 Å². The van der Waals surface area contributed by atoms with Gasteiger partial charge < -0.3 is 0 Å². The zero-order valence-electron chi connectivity index (χ0n) is 9.74. The molecule has 1 aromatic rings. The molecular weight excluding hydrogens is 236 g/mol. The molecule has 0 aliphatic rings. The lowest BCUT2D eigenvalue weighted by atomic mass is 9.82. The van der Waals surface area contributed by atoms with Gasteiger partial charge in [0, 0.05) is 5.33 Å². The fraction of sp³-hybridized carbons (Fsp3) is 0.538. The summed E-state index contributed by atoms with van der Waals surface area (Å²) in [4.78, 5) is 0. The van der Waals surface area contributed by atoms with E-state index in [0.29, 0.717) is 0 Å². The van der Waals surface area contributed by atoms with Crippen molar-refractivity contribution < 1.29 is 0 Å². The van der Waals surface area contributed by atoms with E-state index in [1.807, 2.05) is 0 Å². The summed E-state index contributed by atoms with van der Waals surface area (Å²) in [5.74, 6) is 0. The SMILES string of the molecule is Cc1cc(C)c(C(C)(C)CBr)cc1C. The zero-order chi connectivity index (χ0) is 10.9. The molecule has 0 aliphatic carbocycles. The van der Waals surface area contributed by atoms with Gasteiger partial charge in [-0.25, -0.2) is 0 Å². The Morgan fingerprint density at radius 2 is 1.50 bits per heavy atom. The van der Waals surface area contributed by atoms with Crippen LogP contribution in [-0.4, -0.2) is 5.33 Å². The number of benzene rings is 1. The third kappa shape index (κ3) is 2.20. The van der Waals surface area contributed by atoms with Crippen LogP contribution >= 0.6 is 15.9 Å². The van der Waals surface area contributed by atoms with Gasteiger partial charge in [-0.3, -0.25) is 0 Å². The normalized spacial score (nSPS) is 11.9. The zero-order valence-corrected chi connectivity index (χ0v) is 11.3. The van der Waals surface area contributed by atoms with Gasteiger partial charge in [-0.1, -0.05) is 41.9 Å².